The lowest BCUT2D eigenvalue weighted by molar-refractivity contribution is 0.275. The van der Waals surface area contributed by atoms with Crippen molar-refractivity contribution in [3.63, 3.8) is 0 Å². The van der Waals surface area contributed by atoms with E-state index >= 15 is 0 Å². The molecule has 0 atom stereocenters. The van der Waals surface area contributed by atoms with Gasteiger partial charge in [0.25, 0.3) is 5.56 Å². The molecule has 0 radical (unpaired) electrons. The molecule has 3 aromatic rings. The first kappa shape index (κ1) is 15.1. The highest BCUT2D eigenvalue weighted by molar-refractivity contribution is 5.78. The number of halogens is 2. The van der Waals surface area contributed by atoms with Crippen molar-refractivity contribution >= 4 is 10.9 Å². The lowest BCUT2D eigenvalue weighted by Gasteiger charge is -2.11. The molecule has 0 aliphatic heterocycles. The Morgan fingerprint density at radius 2 is 1.87 bits per heavy atom. The molecule has 0 saturated heterocycles. The van der Waals surface area contributed by atoms with Crippen LogP contribution in [0.2, 0.25) is 0 Å². The molecule has 0 fully saturated rings. The van der Waals surface area contributed by atoms with E-state index in [1.54, 1.807) is 0 Å². The second-order valence-corrected chi connectivity index (χ2v) is 5.06. The molecular weight excluding hydrogens is 306 g/mol. The second-order valence-electron chi connectivity index (χ2n) is 5.06. The summed E-state index contributed by atoms with van der Waals surface area (Å²) < 4.78 is 28.5. The molecule has 2 N–H and O–H groups in total. The zero-order valence-corrected chi connectivity index (χ0v) is 11.8. The van der Waals surface area contributed by atoms with E-state index in [9.17, 15) is 18.4 Å². The summed E-state index contributed by atoms with van der Waals surface area (Å²) in [5.74, 6) is -1.28. The Bertz CT molecular complexity index is 1010. The van der Waals surface area contributed by atoms with Crippen LogP contribution in [-0.2, 0) is 13.2 Å². The Morgan fingerprint density at radius 1 is 1.09 bits per heavy atom. The van der Waals surface area contributed by atoms with Crippen molar-refractivity contribution in [1.82, 2.24) is 9.55 Å². The van der Waals surface area contributed by atoms with Gasteiger partial charge in [0.05, 0.1) is 24.1 Å². The number of fused-ring (bicyclic) bond motifs is 1. The van der Waals surface area contributed by atoms with E-state index in [1.165, 1.54) is 34.9 Å². The summed E-state index contributed by atoms with van der Waals surface area (Å²) in [7, 11) is 0. The van der Waals surface area contributed by atoms with Gasteiger partial charge in [-0.25, -0.2) is 13.6 Å². The average Bonchev–Trinajstić information content (AvgIpc) is 2.52. The molecule has 1 heterocycles. The Morgan fingerprint density at radius 3 is 2.61 bits per heavy atom. The van der Waals surface area contributed by atoms with Gasteiger partial charge in [0.15, 0.2) is 0 Å². The smallest absolute Gasteiger partial charge is 0.329 e. The zero-order valence-electron chi connectivity index (χ0n) is 11.8. The van der Waals surface area contributed by atoms with E-state index in [0.717, 1.165) is 6.07 Å². The maximum atomic E-state index is 13.9. The van der Waals surface area contributed by atoms with Crippen LogP contribution in [0.1, 0.15) is 11.1 Å². The van der Waals surface area contributed by atoms with E-state index in [4.69, 9.17) is 5.11 Å². The fraction of sp³-hybridized carbons (Fsp3) is 0.125. The van der Waals surface area contributed by atoms with Crippen LogP contribution >= 0.6 is 0 Å². The molecule has 7 heteroatoms. The van der Waals surface area contributed by atoms with Gasteiger partial charge in [0.1, 0.15) is 11.6 Å². The molecule has 0 spiro atoms. The number of nitrogens with zero attached hydrogens (tertiary/aromatic N) is 1. The maximum Gasteiger partial charge on any atom is 0.329 e. The topological polar surface area (TPSA) is 75.1 Å². The van der Waals surface area contributed by atoms with Gasteiger partial charge in [0.2, 0.25) is 0 Å². The molecule has 0 aliphatic rings. The van der Waals surface area contributed by atoms with Gasteiger partial charge < -0.3 is 5.11 Å². The van der Waals surface area contributed by atoms with Gasteiger partial charge in [-0.1, -0.05) is 12.1 Å². The number of hydrogen-bond donors (Lipinski definition) is 2. The third-order valence-corrected chi connectivity index (χ3v) is 3.60. The average molecular weight is 318 g/mol. The largest absolute Gasteiger partial charge is 0.392 e. The first-order chi connectivity index (χ1) is 11.0. The summed E-state index contributed by atoms with van der Waals surface area (Å²) in [6.45, 7) is -0.474. The van der Waals surface area contributed by atoms with Crippen LogP contribution < -0.4 is 11.2 Å². The van der Waals surface area contributed by atoms with Gasteiger partial charge in [-0.3, -0.25) is 14.3 Å². The summed E-state index contributed by atoms with van der Waals surface area (Å²) >= 11 is 0. The first-order valence-electron chi connectivity index (χ1n) is 6.81. The van der Waals surface area contributed by atoms with E-state index in [-0.39, 0.29) is 23.0 Å². The zero-order chi connectivity index (χ0) is 16.6. The monoisotopic (exact) mass is 318 g/mol. The van der Waals surface area contributed by atoms with Gasteiger partial charge in [0, 0.05) is 5.56 Å². The highest BCUT2D eigenvalue weighted by atomic mass is 19.1. The minimum atomic E-state index is -0.797. The van der Waals surface area contributed by atoms with Crippen molar-refractivity contribution in [3.05, 3.63) is 80.0 Å². The molecule has 0 unspecified atom stereocenters. The maximum absolute atomic E-state index is 13.9. The lowest BCUT2D eigenvalue weighted by Crippen LogP contribution is -2.31. The first-order valence-corrected chi connectivity index (χ1v) is 6.81. The van der Waals surface area contributed by atoms with Crippen molar-refractivity contribution < 1.29 is 13.9 Å². The molecular formula is C16H12F2N2O3. The van der Waals surface area contributed by atoms with Crippen LogP contribution in [0.5, 0.6) is 0 Å². The summed E-state index contributed by atoms with van der Waals surface area (Å²) in [5, 5.41) is 8.89. The van der Waals surface area contributed by atoms with Crippen LogP contribution in [0.3, 0.4) is 0 Å². The van der Waals surface area contributed by atoms with Gasteiger partial charge in [-0.2, -0.15) is 0 Å². The SMILES string of the molecule is O=c1[nH]c(=O)n(Cc2ccc(F)c(CO)c2)c2cccc(F)c12. The minimum Gasteiger partial charge on any atom is -0.392 e. The van der Waals surface area contributed by atoms with Gasteiger partial charge >= 0.3 is 5.69 Å². The number of hydrogen-bond acceptors (Lipinski definition) is 3. The molecule has 1 aromatic heterocycles. The second kappa shape index (κ2) is 5.77. The predicted octanol–water partition coefficient (Wildman–Crippen LogP) is 1.51. The van der Waals surface area contributed by atoms with Gasteiger partial charge in [-0.05, 0) is 29.8 Å². The molecule has 2 aromatic carbocycles. The van der Waals surface area contributed by atoms with Crippen LogP contribution in [0.15, 0.2) is 46.0 Å². The third-order valence-electron chi connectivity index (χ3n) is 3.60. The Hall–Kier alpha value is -2.80. The Labute approximate surface area is 128 Å². The van der Waals surface area contributed by atoms with Crippen molar-refractivity contribution in [1.29, 1.82) is 0 Å². The number of aromatic nitrogens is 2. The van der Waals surface area contributed by atoms with Crippen molar-refractivity contribution in [2.75, 3.05) is 0 Å². The van der Waals surface area contributed by atoms with E-state index in [0.29, 0.717) is 5.56 Å². The number of benzene rings is 2. The van der Waals surface area contributed by atoms with Crippen molar-refractivity contribution in [2.45, 2.75) is 13.2 Å². The summed E-state index contributed by atoms with van der Waals surface area (Å²) in [4.78, 5) is 25.9. The van der Waals surface area contributed by atoms with Crippen LogP contribution in [0, 0.1) is 11.6 Å². The quantitative estimate of drug-likeness (QED) is 0.768. The fourth-order valence-electron chi connectivity index (χ4n) is 2.49. The molecule has 5 nitrogen and oxygen atoms in total. The Balaban J connectivity index is 2.19. The van der Waals surface area contributed by atoms with Crippen LogP contribution in [0.4, 0.5) is 8.78 Å². The number of aliphatic hydroxyl groups excluding tert-OH is 1. The number of nitrogens with one attached hydrogen (secondary N) is 1. The summed E-state index contributed by atoms with van der Waals surface area (Å²) in [6, 6.07) is 8.05. The van der Waals surface area contributed by atoms with Crippen LogP contribution in [0.25, 0.3) is 10.9 Å². The normalized spacial score (nSPS) is 11.1. The number of rotatable bonds is 3. The highest BCUT2D eigenvalue weighted by Crippen LogP contribution is 2.15. The molecule has 118 valence electrons. The third kappa shape index (κ3) is 2.66. The van der Waals surface area contributed by atoms with Crippen molar-refractivity contribution in [3.8, 4) is 0 Å². The molecule has 3 rings (SSSR count). The molecule has 0 amide bonds. The van der Waals surface area contributed by atoms with E-state index in [1.807, 2.05) is 0 Å². The predicted molar refractivity (Wildman–Crippen MR) is 80.2 cm³/mol. The van der Waals surface area contributed by atoms with Gasteiger partial charge in [-0.15, -0.1) is 0 Å². The van der Waals surface area contributed by atoms with Crippen LogP contribution in [-0.4, -0.2) is 14.7 Å². The lowest BCUT2D eigenvalue weighted by atomic mass is 10.1. The van der Waals surface area contributed by atoms with Crippen molar-refractivity contribution in [2.24, 2.45) is 0 Å². The molecule has 23 heavy (non-hydrogen) atoms. The fourth-order valence-corrected chi connectivity index (χ4v) is 2.49. The molecule has 0 bridgehead atoms. The Kier molecular flexibility index (Phi) is 3.79. The summed E-state index contributed by atoms with van der Waals surface area (Å²) in [6.07, 6.45) is 0. The molecule has 0 saturated carbocycles. The van der Waals surface area contributed by atoms with E-state index in [2.05, 4.69) is 4.98 Å². The number of H-pyrrole nitrogens is 1. The summed E-state index contributed by atoms with van der Waals surface area (Å²) in [5.41, 5.74) is -0.711. The highest BCUT2D eigenvalue weighted by Gasteiger charge is 2.12. The van der Waals surface area contributed by atoms with E-state index < -0.39 is 29.5 Å². The number of aliphatic hydroxyl groups is 1. The standard InChI is InChI=1S/C16H12F2N2O3/c17-11-5-4-9(6-10(11)8-21)7-20-13-3-1-2-12(18)14(13)15(22)19-16(20)23/h1-6,21H,7-8H2,(H,19,22,23). The number of aromatic amines is 1. The molecule has 0 aliphatic carbocycles. The minimum absolute atomic E-state index is 0.00282.